The summed E-state index contributed by atoms with van der Waals surface area (Å²) in [6.45, 7) is 14.1. The summed E-state index contributed by atoms with van der Waals surface area (Å²) in [5.41, 5.74) is 2.80. The Morgan fingerprint density at radius 1 is 1.03 bits per heavy atom. The van der Waals surface area contributed by atoms with Crippen LogP contribution in [0.1, 0.15) is 38.7 Å². The number of hydrogen-bond acceptors (Lipinski definition) is 6. The number of carbonyl (C=O) groups excluding carboxylic acids is 2. The van der Waals surface area contributed by atoms with Crippen LogP contribution in [-0.2, 0) is 9.59 Å². The van der Waals surface area contributed by atoms with Crippen molar-refractivity contribution in [1.82, 2.24) is 20.1 Å². The van der Waals surface area contributed by atoms with Crippen LogP contribution < -0.4 is 15.5 Å². The molecule has 3 rings (SSSR count). The van der Waals surface area contributed by atoms with Gasteiger partial charge in [0, 0.05) is 56.6 Å². The number of fused-ring (bicyclic) bond motifs is 1. The molecule has 0 atom stereocenters. The van der Waals surface area contributed by atoms with Gasteiger partial charge in [0.25, 0.3) is 0 Å². The lowest BCUT2D eigenvalue weighted by Crippen LogP contribution is -2.44. The topological polar surface area (TPSA) is 80.8 Å². The molecule has 8 heteroatoms. The van der Waals surface area contributed by atoms with Gasteiger partial charge in [-0.3, -0.25) is 9.59 Å². The molecule has 2 aromatic rings. The number of aromatic nitrogens is 1. The number of aryl methyl sites for hydroxylation is 1. The minimum absolute atomic E-state index is 0.0790. The van der Waals surface area contributed by atoms with Gasteiger partial charge in [-0.25, -0.2) is 4.98 Å². The maximum atomic E-state index is 12.4. The monoisotopic (exact) mass is 468 g/mol. The van der Waals surface area contributed by atoms with Crippen LogP contribution in [0.25, 0.3) is 10.9 Å². The van der Waals surface area contributed by atoms with E-state index in [-0.39, 0.29) is 24.7 Å². The second kappa shape index (κ2) is 12.7. The molecule has 0 spiro atoms. The summed E-state index contributed by atoms with van der Waals surface area (Å²) in [4.78, 5) is 36.3. The molecule has 1 fully saturated rings. The molecule has 2 heterocycles. The van der Waals surface area contributed by atoms with E-state index in [1.165, 1.54) is 0 Å². The molecule has 0 unspecified atom stereocenters. The van der Waals surface area contributed by atoms with Crippen LogP contribution in [0.2, 0.25) is 0 Å². The van der Waals surface area contributed by atoms with Gasteiger partial charge in [0.15, 0.2) is 0 Å². The standard InChI is InChI=1S/C26H40N6O2/c1-5-31(6-2)13-7-12-27-25(33)10-11-26(34)28-21-8-9-23-22(19-21)20(3)18-24(29-23)32-16-14-30(4)15-17-32/h8-9,18-19H,5-7,10-17H2,1-4H3,(H,27,33)(H,28,34). The Bertz CT molecular complexity index is 967. The van der Waals surface area contributed by atoms with Gasteiger partial charge in [0.2, 0.25) is 11.8 Å². The van der Waals surface area contributed by atoms with Crippen molar-refractivity contribution in [3.05, 3.63) is 29.8 Å². The number of hydrogen-bond donors (Lipinski definition) is 2. The number of pyridine rings is 1. The number of anilines is 2. The van der Waals surface area contributed by atoms with Crippen molar-refractivity contribution in [2.45, 2.75) is 40.0 Å². The fourth-order valence-electron chi connectivity index (χ4n) is 4.26. The first-order valence-electron chi connectivity index (χ1n) is 12.5. The fourth-order valence-corrected chi connectivity index (χ4v) is 4.26. The summed E-state index contributed by atoms with van der Waals surface area (Å²) < 4.78 is 0. The zero-order chi connectivity index (χ0) is 24.5. The Balaban J connectivity index is 1.49. The molecular weight excluding hydrogens is 428 g/mol. The van der Waals surface area contributed by atoms with E-state index in [2.05, 4.69) is 59.2 Å². The summed E-state index contributed by atoms with van der Waals surface area (Å²) in [5, 5.41) is 6.87. The van der Waals surface area contributed by atoms with Gasteiger partial charge in [-0.2, -0.15) is 0 Å². The minimum Gasteiger partial charge on any atom is -0.356 e. The van der Waals surface area contributed by atoms with Crippen LogP contribution in [-0.4, -0.2) is 86.0 Å². The number of carbonyl (C=O) groups is 2. The summed E-state index contributed by atoms with van der Waals surface area (Å²) in [5.74, 6) is 0.778. The van der Waals surface area contributed by atoms with E-state index in [1.807, 2.05) is 18.2 Å². The molecule has 186 valence electrons. The Morgan fingerprint density at radius 2 is 1.74 bits per heavy atom. The molecule has 0 bridgehead atoms. The van der Waals surface area contributed by atoms with Crippen molar-refractivity contribution < 1.29 is 9.59 Å². The Hall–Kier alpha value is -2.71. The number of likely N-dealkylation sites (N-methyl/N-ethyl adjacent to an activating group) is 1. The predicted octanol–water partition coefficient (Wildman–Crippen LogP) is 2.86. The molecule has 8 nitrogen and oxygen atoms in total. The van der Waals surface area contributed by atoms with E-state index in [9.17, 15) is 9.59 Å². The van der Waals surface area contributed by atoms with Crippen molar-refractivity contribution in [2.24, 2.45) is 0 Å². The lowest BCUT2D eigenvalue weighted by molar-refractivity contribution is -0.124. The first kappa shape index (κ1) is 25.9. The highest BCUT2D eigenvalue weighted by Gasteiger charge is 2.17. The molecule has 0 radical (unpaired) electrons. The second-order valence-corrected chi connectivity index (χ2v) is 9.10. The smallest absolute Gasteiger partial charge is 0.224 e. The Labute approximate surface area is 203 Å². The van der Waals surface area contributed by atoms with Gasteiger partial charge in [-0.05, 0) is 69.9 Å². The first-order valence-corrected chi connectivity index (χ1v) is 12.5. The lowest BCUT2D eigenvalue weighted by atomic mass is 10.1. The van der Waals surface area contributed by atoms with Crippen molar-refractivity contribution in [1.29, 1.82) is 0 Å². The van der Waals surface area contributed by atoms with Crippen LogP contribution >= 0.6 is 0 Å². The van der Waals surface area contributed by atoms with E-state index in [0.29, 0.717) is 6.54 Å². The molecule has 0 aliphatic carbocycles. The van der Waals surface area contributed by atoms with Crippen LogP contribution in [0.15, 0.2) is 24.3 Å². The van der Waals surface area contributed by atoms with Gasteiger partial charge in [-0.1, -0.05) is 13.8 Å². The molecule has 1 aliphatic heterocycles. The average molecular weight is 469 g/mol. The Kier molecular flexibility index (Phi) is 9.65. The summed E-state index contributed by atoms with van der Waals surface area (Å²) in [6, 6.07) is 7.94. The van der Waals surface area contributed by atoms with E-state index in [4.69, 9.17) is 4.98 Å². The molecule has 1 aromatic carbocycles. The minimum atomic E-state index is -0.155. The summed E-state index contributed by atoms with van der Waals surface area (Å²) in [6.07, 6.45) is 1.28. The average Bonchev–Trinajstić information content (AvgIpc) is 2.83. The van der Waals surface area contributed by atoms with Crippen molar-refractivity contribution in [3.63, 3.8) is 0 Å². The first-order chi connectivity index (χ1) is 16.4. The van der Waals surface area contributed by atoms with Crippen molar-refractivity contribution in [3.8, 4) is 0 Å². The molecule has 1 aromatic heterocycles. The molecule has 0 saturated carbocycles. The fraction of sp³-hybridized carbons (Fsp3) is 0.577. The van der Waals surface area contributed by atoms with Gasteiger partial charge in [0.1, 0.15) is 5.82 Å². The summed E-state index contributed by atoms with van der Waals surface area (Å²) >= 11 is 0. The zero-order valence-corrected chi connectivity index (χ0v) is 21.2. The van der Waals surface area contributed by atoms with E-state index < -0.39 is 0 Å². The molecular formula is C26H40N6O2. The lowest BCUT2D eigenvalue weighted by Gasteiger charge is -2.33. The Morgan fingerprint density at radius 3 is 2.44 bits per heavy atom. The third-order valence-corrected chi connectivity index (χ3v) is 6.56. The number of rotatable bonds is 11. The zero-order valence-electron chi connectivity index (χ0n) is 21.2. The highest BCUT2D eigenvalue weighted by Crippen LogP contribution is 2.26. The van der Waals surface area contributed by atoms with E-state index in [1.54, 1.807) is 0 Å². The van der Waals surface area contributed by atoms with Crippen molar-refractivity contribution in [2.75, 3.05) is 69.6 Å². The molecule has 1 saturated heterocycles. The van der Waals surface area contributed by atoms with Gasteiger partial charge < -0.3 is 25.3 Å². The predicted molar refractivity (Wildman–Crippen MR) is 139 cm³/mol. The number of benzene rings is 1. The quantitative estimate of drug-likeness (QED) is 0.494. The van der Waals surface area contributed by atoms with Crippen molar-refractivity contribution >= 4 is 34.2 Å². The maximum Gasteiger partial charge on any atom is 0.224 e. The third-order valence-electron chi connectivity index (χ3n) is 6.56. The molecule has 34 heavy (non-hydrogen) atoms. The number of nitrogens with zero attached hydrogens (tertiary/aromatic N) is 4. The SMILES string of the molecule is CCN(CC)CCCNC(=O)CCC(=O)Nc1ccc2nc(N3CCN(C)CC3)cc(C)c2c1. The number of piperazine rings is 1. The van der Waals surface area contributed by atoms with Crippen LogP contribution in [0.4, 0.5) is 11.5 Å². The highest BCUT2D eigenvalue weighted by atomic mass is 16.2. The molecule has 2 amide bonds. The van der Waals surface area contributed by atoms with Gasteiger partial charge in [0.05, 0.1) is 5.52 Å². The number of nitrogens with one attached hydrogen (secondary N) is 2. The number of amides is 2. The normalized spacial score (nSPS) is 14.6. The van der Waals surface area contributed by atoms with Gasteiger partial charge in [-0.15, -0.1) is 0 Å². The highest BCUT2D eigenvalue weighted by molar-refractivity contribution is 5.96. The van der Waals surface area contributed by atoms with E-state index >= 15 is 0 Å². The molecule has 2 N–H and O–H groups in total. The summed E-state index contributed by atoms with van der Waals surface area (Å²) in [7, 11) is 2.15. The van der Waals surface area contributed by atoms with E-state index in [0.717, 1.165) is 80.2 Å². The van der Waals surface area contributed by atoms with Crippen LogP contribution in [0, 0.1) is 6.92 Å². The maximum absolute atomic E-state index is 12.4. The van der Waals surface area contributed by atoms with Crippen LogP contribution in [0.3, 0.4) is 0 Å². The largest absolute Gasteiger partial charge is 0.356 e. The second-order valence-electron chi connectivity index (χ2n) is 9.10. The van der Waals surface area contributed by atoms with Gasteiger partial charge >= 0.3 is 0 Å². The van der Waals surface area contributed by atoms with Crippen LogP contribution in [0.5, 0.6) is 0 Å². The third kappa shape index (κ3) is 7.40. The molecule has 1 aliphatic rings.